The van der Waals surface area contributed by atoms with Gasteiger partial charge in [-0.2, -0.15) is 0 Å². The molecule has 106 valence electrons. The minimum Gasteiger partial charge on any atom is -0.300 e. The maximum atomic E-state index is 12.3. The molecule has 0 fully saturated rings. The van der Waals surface area contributed by atoms with Crippen LogP contribution >= 0.6 is 23.1 Å². The Morgan fingerprint density at radius 2 is 2.05 bits per heavy atom. The molecule has 0 saturated heterocycles. The molecule has 2 aromatic rings. The Morgan fingerprint density at radius 1 is 1.30 bits per heavy atom. The summed E-state index contributed by atoms with van der Waals surface area (Å²) in [5.74, 6) is 0.773. The Morgan fingerprint density at radius 3 is 2.70 bits per heavy atom. The van der Waals surface area contributed by atoms with Gasteiger partial charge in [-0.05, 0) is 17.7 Å². The lowest BCUT2D eigenvalue weighted by atomic mass is 9.96. The van der Waals surface area contributed by atoms with E-state index in [1.165, 1.54) is 11.3 Å². The first kappa shape index (κ1) is 15.0. The van der Waals surface area contributed by atoms with E-state index in [4.69, 9.17) is 0 Å². The minimum atomic E-state index is -0.151. The molecule has 1 N–H and O–H groups in total. The van der Waals surface area contributed by atoms with Crippen molar-refractivity contribution in [2.24, 2.45) is 0 Å². The highest BCUT2D eigenvalue weighted by atomic mass is 32.2. The number of hydrogen-bond donors (Lipinski definition) is 1. The molecule has 0 bridgehead atoms. The number of aromatic nitrogens is 2. The number of thioether (sulfide) groups is 1. The summed E-state index contributed by atoms with van der Waals surface area (Å²) in [5, 5.41) is 11.5. The van der Waals surface area contributed by atoms with Crippen LogP contribution in [0.5, 0.6) is 0 Å². The third kappa shape index (κ3) is 3.80. The maximum Gasteiger partial charge on any atom is 0.233 e. The number of nitrogens with zero attached hydrogens (tertiary/aromatic N) is 2. The van der Waals surface area contributed by atoms with Crippen molar-refractivity contribution in [2.75, 3.05) is 11.1 Å². The molecule has 0 spiro atoms. The number of anilines is 1. The van der Waals surface area contributed by atoms with Crippen molar-refractivity contribution >= 4 is 34.1 Å². The molecule has 1 aromatic heterocycles. The highest BCUT2D eigenvalue weighted by Gasteiger charge is 2.19. The van der Waals surface area contributed by atoms with Crippen LogP contribution in [0, 0.1) is 0 Å². The molecular weight excluding hydrogens is 290 g/mol. The van der Waals surface area contributed by atoms with Crippen LogP contribution in [0.2, 0.25) is 0 Å². The predicted molar refractivity (Wildman–Crippen MR) is 84.4 cm³/mol. The van der Waals surface area contributed by atoms with Gasteiger partial charge in [-0.3, -0.25) is 10.1 Å². The average Bonchev–Trinajstić information content (AvgIpc) is 2.88. The van der Waals surface area contributed by atoms with Gasteiger partial charge in [-0.15, -0.1) is 10.2 Å². The molecule has 0 aliphatic rings. The zero-order valence-corrected chi connectivity index (χ0v) is 13.1. The van der Waals surface area contributed by atoms with Crippen LogP contribution in [-0.4, -0.2) is 21.9 Å². The number of rotatable bonds is 6. The van der Waals surface area contributed by atoms with Crippen LogP contribution in [0.3, 0.4) is 0 Å². The number of nitrogens with one attached hydrogen (secondary N) is 1. The molecule has 1 unspecified atom stereocenters. The average molecular weight is 307 g/mol. The predicted octanol–water partition coefficient (Wildman–Crippen LogP) is 3.78. The normalized spacial score (nSPS) is 12.1. The minimum absolute atomic E-state index is 0.0251. The molecular formula is C14H17N3OS2. The summed E-state index contributed by atoms with van der Waals surface area (Å²) in [4.78, 5) is 12.3. The summed E-state index contributed by atoms with van der Waals surface area (Å²) >= 11 is 3.05. The van der Waals surface area contributed by atoms with Gasteiger partial charge in [-0.25, -0.2) is 0 Å². The van der Waals surface area contributed by atoms with Gasteiger partial charge in [0.15, 0.2) is 4.34 Å². The lowest BCUT2D eigenvalue weighted by Gasteiger charge is -2.13. The number of carbonyl (C=O) groups excluding carboxylic acids is 1. The molecule has 1 atom stereocenters. The third-order valence-electron chi connectivity index (χ3n) is 2.83. The number of benzene rings is 1. The molecule has 1 heterocycles. The zero-order chi connectivity index (χ0) is 14.4. The van der Waals surface area contributed by atoms with Gasteiger partial charge in [0.1, 0.15) is 0 Å². The van der Waals surface area contributed by atoms with Crippen LogP contribution in [0.25, 0.3) is 0 Å². The van der Waals surface area contributed by atoms with Crippen molar-refractivity contribution in [1.29, 1.82) is 0 Å². The summed E-state index contributed by atoms with van der Waals surface area (Å²) in [6.07, 6.45) is 0.755. The fraction of sp³-hybridized carbons (Fsp3) is 0.357. The Balaban J connectivity index is 2.05. The molecule has 1 amide bonds. The highest BCUT2D eigenvalue weighted by Crippen LogP contribution is 2.27. The highest BCUT2D eigenvalue weighted by molar-refractivity contribution is 8.01. The maximum absolute atomic E-state index is 12.3. The second-order valence-electron chi connectivity index (χ2n) is 4.17. The van der Waals surface area contributed by atoms with Crippen LogP contribution in [0.15, 0.2) is 34.7 Å². The van der Waals surface area contributed by atoms with E-state index in [0.29, 0.717) is 5.13 Å². The van der Waals surface area contributed by atoms with E-state index in [1.807, 2.05) is 37.3 Å². The van der Waals surface area contributed by atoms with E-state index >= 15 is 0 Å². The molecule has 20 heavy (non-hydrogen) atoms. The summed E-state index contributed by atoms with van der Waals surface area (Å²) in [6.45, 7) is 4.07. The Hall–Kier alpha value is -1.40. The van der Waals surface area contributed by atoms with Crippen LogP contribution in [0.4, 0.5) is 5.13 Å². The van der Waals surface area contributed by atoms with Crippen molar-refractivity contribution < 1.29 is 4.79 Å². The quantitative estimate of drug-likeness (QED) is 0.652. The standard InChI is InChI=1S/C14H17N3OS2/c1-3-11(10-8-6-5-7-9-10)12(18)15-13-16-17-14(20-13)19-4-2/h5-9,11H,3-4H2,1-2H3,(H,15,16,18). The second kappa shape index (κ2) is 7.40. The number of hydrogen-bond acceptors (Lipinski definition) is 5. The smallest absolute Gasteiger partial charge is 0.233 e. The second-order valence-corrected chi connectivity index (χ2v) is 6.66. The van der Waals surface area contributed by atoms with E-state index in [2.05, 4.69) is 22.4 Å². The lowest BCUT2D eigenvalue weighted by molar-refractivity contribution is -0.117. The fourth-order valence-corrected chi connectivity index (χ4v) is 3.54. The topological polar surface area (TPSA) is 54.9 Å². The van der Waals surface area contributed by atoms with E-state index in [-0.39, 0.29) is 11.8 Å². The zero-order valence-electron chi connectivity index (χ0n) is 11.5. The molecule has 4 nitrogen and oxygen atoms in total. The first-order valence-corrected chi connectivity index (χ1v) is 8.36. The molecule has 1 aromatic carbocycles. The van der Waals surface area contributed by atoms with Gasteiger partial charge >= 0.3 is 0 Å². The van der Waals surface area contributed by atoms with Crippen molar-refractivity contribution in [1.82, 2.24) is 10.2 Å². The summed E-state index contributed by atoms with van der Waals surface area (Å²) in [5.41, 5.74) is 1.03. The number of amides is 1. The summed E-state index contributed by atoms with van der Waals surface area (Å²) < 4.78 is 0.885. The Kier molecular flexibility index (Phi) is 5.55. The largest absolute Gasteiger partial charge is 0.300 e. The number of carbonyl (C=O) groups is 1. The monoisotopic (exact) mass is 307 g/mol. The van der Waals surface area contributed by atoms with Gasteiger partial charge in [0, 0.05) is 0 Å². The van der Waals surface area contributed by atoms with Gasteiger partial charge in [0.05, 0.1) is 5.92 Å². The van der Waals surface area contributed by atoms with Gasteiger partial charge < -0.3 is 0 Å². The molecule has 0 radical (unpaired) electrons. The molecule has 0 aliphatic carbocycles. The summed E-state index contributed by atoms with van der Waals surface area (Å²) in [6, 6.07) is 9.81. The van der Waals surface area contributed by atoms with E-state index in [9.17, 15) is 4.79 Å². The summed E-state index contributed by atoms with van der Waals surface area (Å²) in [7, 11) is 0. The Bertz CT molecular complexity index is 557. The Labute approximate surface area is 127 Å². The van der Waals surface area contributed by atoms with E-state index in [1.54, 1.807) is 11.8 Å². The van der Waals surface area contributed by atoms with Crippen molar-refractivity contribution in [2.45, 2.75) is 30.5 Å². The molecule has 0 aliphatic heterocycles. The first-order valence-electron chi connectivity index (χ1n) is 6.56. The fourth-order valence-electron chi connectivity index (χ4n) is 1.89. The van der Waals surface area contributed by atoms with Crippen LogP contribution in [-0.2, 0) is 4.79 Å². The van der Waals surface area contributed by atoms with E-state index < -0.39 is 0 Å². The van der Waals surface area contributed by atoms with Crippen molar-refractivity contribution in [3.05, 3.63) is 35.9 Å². The third-order valence-corrected chi connectivity index (χ3v) is 4.69. The van der Waals surface area contributed by atoms with Gasteiger partial charge in [-0.1, -0.05) is 67.3 Å². The SMILES string of the molecule is CCSc1nnc(NC(=O)C(CC)c2ccccc2)s1. The van der Waals surface area contributed by atoms with Crippen molar-refractivity contribution in [3.63, 3.8) is 0 Å². The lowest BCUT2D eigenvalue weighted by Crippen LogP contribution is -2.20. The first-order chi connectivity index (χ1) is 9.74. The molecule has 0 saturated carbocycles. The van der Waals surface area contributed by atoms with E-state index in [0.717, 1.165) is 22.1 Å². The van der Waals surface area contributed by atoms with Gasteiger partial charge in [0.25, 0.3) is 0 Å². The van der Waals surface area contributed by atoms with Crippen LogP contribution in [0.1, 0.15) is 31.7 Å². The molecule has 2 rings (SSSR count). The van der Waals surface area contributed by atoms with Crippen molar-refractivity contribution in [3.8, 4) is 0 Å². The van der Waals surface area contributed by atoms with Gasteiger partial charge in [0.2, 0.25) is 11.0 Å². The van der Waals surface area contributed by atoms with Crippen LogP contribution < -0.4 is 5.32 Å². The molecule has 6 heteroatoms.